The van der Waals surface area contributed by atoms with E-state index < -0.39 is 36.1 Å². The molecule has 2 aromatic heterocycles. The second kappa shape index (κ2) is 20.3. The van der Waals surface area contributed by atoms with E-state index in [1.54, 1.807) is 103 Å². The summed E-state index contributed by atoms with van der Waals surface area (Å²) in [4.78, 5) is 30.2. The zero-order chi connectivity index (χ0) is 47.3. The first-order valence-electron chi connectivity index (χ1n) is 21.8. The normalized spacial score (nSPS) is 16.4. The largest absolute Gasteiger partial charge is 0.486 e. The monoisotopic (exact) mass is 1010 g/mol. The number of piperidine rings is 2. The van der Waals surface area contributed by atoms with Gasteiger partial charge in [0.05, 0.1) is 46.6 Å². The number of ether oxygens (including phenoxy) is 1. The summed E-state index contributed by atoms with van der Waals surface area (Å²) in [5, 5.41) is 8.62. The van der Waals surface area contributed by atoms with E-state index in [2.05, 4.69) is 26.6 Å². The summed E-state index contributed by atoms with van der Waals surface area (Å²) >= 11 is 18.5. The minimum atomic E-state index is -3.53. The van der Waals surface area contributed by atoms with Crippen molar-refractivity contribution in [2.75, 3.05) is 52.0 Å². The van der Waals surface area contributed by atoms with Crippen LogP contribution in [0.4, 0.5) is 22.7 Å². The Morgan fingerprint density at radius 2 is 1.04 bits per heavy atom. The van der Waals surface area contributed by atoms with Crippen LogP contribution in [0.3, 0.4) is 0 Å². The zero-order valence-electron chi connectivity index (χ0n) is 36.5. The van der Waals surface area contributed by atoms with Crippen molar-refractivity contribution in [3.8, 4) is 17.1 Å². The Balaban J connectivity index is 0.000000184. The van der Waals surface area contributed by atoms with Crippen molar-refractivity contribution in [1.29, 1.82) is 0 Å². The number of para-hydroxylation sites is 2. The highest BCUT2D eigenvalue weighted by molar-refractivity contribution is 7.93. The van der Waals surface area contributed by atoms with Gasteiger partial charge in [0.15, 0.2) is 0 Å². The Morgan fingerprint density at radius 3 is 1.49 bits per heavy atom. The van der Waals surface area contributed by atoms with E-state index in [4.69, 9.17) is 39.5 Å². The molecule has 0 radical (unpaired) electrons. The fraction of sp³-hybridized carbons (Fsp3) is 0.319. The van der Waals surface area contributed by atoms with Gasteiger partial charge in [-0.1, -0.05) is 90.3 Å². The molecule has 0 spiro atoms. The van der Waals surface area contributed by atoms with Gasteiger partial charge in [-0.15, -0.1) is 0 Å². The van der Waals surface area contributed by atoms with Gasteiger partial charge in [0, 0.05) is 53.0 Å². The molecule has 2 N–H and O–H groups in total. The number of hydrogen-bond donors (Lipinski definition) is 2. The third kappa shape index (κ3) is 11.6. The van der Waals surface area contributed by atoms with Crippen LogP contribution in [-0.2, 0) is 20.0 Å². The molecule has 0 bridgehead atoms. The van der Waals surface area contributed by atoms with Gasteiger partial charge in [0.1, 0.15) is 10.7 Å². The number of aromatic nitrogens is 4. The molecular weight excluding hydrogens is 959 g/mol. The van der Waals surface area contributed by atoms with Gasteiger partial charge in [0.25, 0.3) is 5.56 Å². The highest BCUT2D eigenvalue weighted by Crippen LogP contribution is 2.45. The molecule has 67 heavy (non-hydrogen) atoms. The van der Waals surface area contributed by atoms with E-state index in [0.717, 1.165) is 12.8 Å². The SMILES string of the molecule is CC1(COc2c(N3CCC(S(=O)(=O)Nc4ccccc4)CC3)cnn(-c3cccc(Cl)c3)c2=O)CC1.O=c1c(Cl)c(N2CCC(S(=O)(=O)Nc3ccccc3)CC2)cnn1-c1cccc(Cl)c1. The maximum atomic E-state index is 13.5. The predicted octanol–water partition coefficient (Wildman–Crippen LogP) is 8.43. The Morgan fingerprint density at radius 1 is 0.612 bits per heavy atom. The minimum Gasteiger partial charge on any atom is -0.486 e. The Hall–Kier alpha value is -5.59. The maximum Gasteiger partial charge on any atom is 0.316 e. The molecule has 2 aliphatic heterocycles. The Bertz CT molecular complexity index is 3050. The van der Waals surface area contributed by atoms with Crippen molar-refractivity contribution in [1.82, 2.24) is 19.6 Å². The average molecular weight is 1010 g/mol. The lowest BCUT2D eigenvalue weighted by atomic mass is 10.1. The van der Waals surface area contributed by atoms with E-state index in [1.807, 2.05) is 21.9 Å². The van der Waals surface area contributed by atoms with Gasteiger partial charge in [-0.05, 0) is 99.2 Å². The lowest BCUT2D eigenvalue weighted by Gasteiger charge is -2.34. The van der Waals surface area contributed by atoms with Crippen molar-refractivity contribution < 1.29 is 21.6 Å². The molecule has 9 rings (SSSR count). The standard InChI is InChI=1S/C26H29ClN4O4S.C21H20Cl2N4O3S/c1-26(12-13-26)18-35-24-23(17-28-31(25(24)32)21-9-5-6-19(27)16-21)30-14-10-22(11-15-30)36(33,34)29-20-7-3-2-4-8-20;22-15-5-4-8-17(13-15)27-21(28)20(23)19(14-24-27)26-11-9-18(10-12-26)31(29,30)25-16-6-2-1-3-7-16/h2-9,16-17,22,29H,10-15,18H2,1H3;1-8,13-14,18,25H,9-12H2. The number of nitrogens with one attached hydrogen (secondary N) is 2. The number of benzene rings is 4. The van der Waals surface area contributed by atoms with Crippen LogP contribution in [-0.4, -0.2) is 79.7 Å². The van der Waals surface area contributed by atoms with Crippen molar-refractivity contribution in [3.05, 3.63) is 157 Å². The molecule has 15 nitrogen and oxygen atoms in total. The highest BCUT2D eigenvalue weighted by Gasteiger charge is 2.39. The average Bonchev–Trinajstić information content (AvgIpc) is 4.06. The molecule has 4 heterocycles. The summed E-state index contributed by atoms with van der Waals surface area (Å²) in [5.41, 5.74) is 2.52. The van der Waals surface area contributed by atoms with Gasteiger partial charge < -0.3 is 14.5 Å². The van der Waals surface area contributed by atoms with Crippen LogP contribution in [0.2, 0.25) is 15.1 Å². The lowest BCUT2D eigenvalue weighted by molar-refractivity contribution is 0.243. The van der Waals surface area contributed by atoms with Crippen molar-refractivity contribution in [3.63, 3.8) is 0 Å². The number of rotatable bonds is 13. The second-order valence-electron chi connectivity index (χ2n) is 17.1. The van der Waals surface area contributed by atoms with Crippen molar-refractivity contribution in [2.24, 2.45) is 5.41 Å². The summed E-state index contributed by atoms with van der Waals surface area (Å²) < 4.78 is 65.3. The van der Waals surface area contributed by atoms with Crippen LogP contribution in [0.1, 0.15) is 45.4 Å². The highest BCUT2D eigenvalue weighted by atomic mass is 35.5. The van der Waals surface area contributed by atoms with Gasteiger partial charge in [-0.25, -0.2) is 16.8 Å². The van der Waals surface area contributed by atoms with Crippen LogP contribution in [0.15, 0.2) is 131 Å². The third-order valence-corrected chi connectivity index (χ3v) is 16.7. The van der Waals surface area contributed by atoms with Crippen molar-refractivity contribution >= 4 is 77.6 Å². The van der Waals surface area contributed by atoms with Crippen LogP contribution < -0.4 is 35.1 Å². The van der Waals surface area contributed by atoms with E-state index in [-0.39, 0.29) is 21.7 Å². The van der Waals surface area contributed by atoms with Gasteiger partial charge >= 0.3 is 5.56 Å². The molecule has 352 valence electrons. The van der Waals surface area contributed by atoms with Crippen LogP contribution in [0, 0.1) is 5.41 Å². The molecule has 20 heteroatoms. The Labute approximate surface area is 404 Å². The molecule has 0 unspecified atom stereocenters. The quantitative estimate of drug-likeness (QED) is 0.114. The second-order valence-corrected chi connectivity index (χ2v) is 22.3. The number of hydrogen-bond acceptors (Lipinski definition) is 11. The summed E-state index contributed by atoms with van der Waals surface area (Å²) in [6.45, 7) is 4.41. The smallest absolute Gasteiger partial charge is 0.316 e. The third-order valence-electron chi connectivity index (χ3n) is 12.1. The summed E-state index contributed by atoms with van der Waals surface area (Å²) in [6, 6.07) is 31.4. The van der Waals surface area contributed by atoms with Crippen LogP contribution in [0.25, 0.3) is 11.4 Å². The summed E-state index contributed by atoms with van der Waals surface area (Å²) in [5.74, 6) is 0.238. The van der Waals surface area contributed by atoms with E-state index in [9.17, 15) is 26.4 Å². The first-order chi connectivity index (χ1) is 32.1. The lowest BCUT2D eigenvalue weighted by Crippen LogP contribution is -2.42. The topological polar surface area (TPSA) is 178 Å². The van der Waals surface area contributed by atoms with Gasteiger partial charge in [-0.3, -0.25) is 19.0 Å². The zero-order valence-corrected chi connectivity index (χ0v) is 40.4. The fourth-order valence-corrected chi connectivity index (χ4v) is 11.5. The first kappa shape index (κ1) is 47.9. The molecule has 0 amide bonds. The molecule has 0 atom stereocenters. The van der Waals surface area contributed by atoms with Crippen LogP contribution in [0.5, 0.6) is 5.75 Å². The van der Waals surface area contributed by atoms with Crippen LogP contribution >= 0.6 is 34.8 Å². The van der Waals surface area contributed by atoms with Gasteiger partial charge in [-0.2, -0.15) is 19.6 Å². The molecule has 1 aliphatic carbocycles. The predicted molar refractivity (Wildman–Crippen MR) is 266 cm³/mol. The molecule has 6 aromatic rings. The van der Waals surface area contributed by atoms with E-state index >= 15 is 0 Å². The van der Waals surface area contributed by atoms with E-state index in [1.165, 1.54) is 15.6 Å². The molecule has 3 aliphatic rings. The maximum absolute atomic E-state index is 13.5. The number of nitrogens with zero attached hydrogens (tertiary/aromatic N) is 6. The Kier molecular flexibility index (Phi) is 14.5. The fourth-order valence-electron chi connectivity index (χ4n) is 7.94. The molecule has 1 saturated carbocycles. The molecule has 4 aromatic carbocycles. The molecule has 3 fully saturated rings. The minimum absolute atomic E-state index is 0.0405. The number of anilines is 4. The molecule has 2 saturated heterocycles. The van der Waals surface area contributed by atoms with Crippen molar-refractivity contribution in [2.45, 2.75) is 55.9 Å². The number of halogens is 3. The summed E-state index contributed by atoms with van der Waals surface area (Å²) in [7, 11) is -7.04. The first-order valence-corrected chi connectivity index (χ1v) is 26.0. The number of sulfonamides is 2. The van der Waals surface area contributed by atoms with E-state index in [0.29, 0.717) is 103 Å². The summed E-state index contributed by atoms with van der Waals surface area (Å²) in [6.07, 6.45) is 6.96. The van der Waals surface area contributed by atoms with Gasteiger partial charge in [0.2, 0.25) is 25.8 Å². The molecular formula is C47H49Cl3N8O7S2.